The Morgan fingerprint density at radius 2 is 1.78 bits per heavy atom. The van der Waals surface area contributed by atoms with Crippen molar-refractivity contribution >= 4 is 44.9 Å². The summed E-state index contributed by atoms with van der Waals surface area (Å²) in [5.74, 6) is -1.47. The summed E-state index contributed by atoms with van der Waals surface area (Å²) in [6.45, 7) is 0. The van der Waals surface area contributed by atoms with E-state index in [2.05, 4.69) is 9.46 Å². The lowest BCUT2D eigenvalue weighted by Gasteiger charge is -2.11. The maximum atomic E-state index is 13.3. The fourth-order valence-corrected chi connectivity index (χ4v) is 3.51. The zero-order valence-corrected chi connectivity index (χ0v) is 14.0. The van der Waals surface area contributed by atoms with Crippen molar-refractivity contribution in [3.8, 4) is 0 Å². The van der Waals surface area contributed by atoms with Crippen LogP contribution in [0.5, 0.6) is 0 Å². The van der Waals surface area contributed by atoms with Gasteiger partial charge in [-0.2, -0.15) is 0 Å². The lowest BCUT2D eigenvalue weighted by molar-refractivity contribution is 0.0601. The number of methoxy groups -OCH3 is 1. The molecule has 2 aromatic rings. The molecule has 0 aliphatic heterocycles. The van der Waals surface area contributed by atoms with E-state index < -0.39 is 26.7 Å². The average Bonchev–Trinajstić information content (AvgIpc) is 2.50. The number of sulfonamides is 1. The molecule has 2 rings (SSSR count). The number of halogens is 3. The van der Waals surface area contributed by atoms with Crippen molar-refractivity contribution in [1.29, 1.82) is 0 Å². The molecule has 0 spiro atoms. The smallest absolute Gasteiger partial charge is 0.339 e. The zero-order chi connectivity index (χ0) is 17.2. The second-order valence-electron chi connectivity index (χ2n) is 4.37. The van der Waals surface area contributed by atoms with Gasteiger partial charge in [0.05, 0.1) is 22.7 Å². The largest absolute Gasteiger partial charge is 0.465 e. The molecule has 0 heterocycles. The van der Waals surface area contributed by atoms with E-state index in [4.69, 9.17) is 23.2 Å². The minimum Gasteiger partial charge on any atom is -0.465 e. The van der Waals surface area contributed by atoms with E-state index in [1.165, 1.54) is 25.3 Å². The Bertz CT molecular complexity index is 871. The highest BCUT2D eigenvalue weighted by Crippen LogP contribution is 2.27. The fraction of sp³-hybridized carbons (Fsp3) is 0.0714. The Labute approximate surface area is 142 Å². The minimum atomic E-state index is -4.15. The highest BCUT2D eigenvalue weighted by Gasteiger charge is 2.20. The summed E-state index contributed by atoms with van der Waals surface area (Å²) < 4.78 is 44.6. The van der Waals surface area contributed by atoms with Crippen LogP contribution in [0.15, 0.2) is 41.3 Å². The van der Waals surface area contributed by atoms with Crippen LogP contribution in [0.3, 0.4) is 0 Å². The first-order valence-electron chi connectivity index (χ1n) is 6.10. The van der Waals surface area contributed by atoms with Gasteiger partial charge < -0.3 is 4.74 Å². The van der Waals surface area contributed by atoms with Crippen molar-refractivity contribution < 1.29 is 22.3 Å². The molecule has 122 valence electrons. The first-order valence-corrected chi connectivity index (χ1v) is 8.34. The number of carbonyl (C=O) groups is 1. The zero-order valence-electron chi connectivity index (χ0n) is 11.6. The van der Waals surface area contributed by atoms with Crippen molar-refractivity contribution in [1.82, 2.24) is 0 Å². The van der Waals surface area contributed by atoms with E-state index in [1.54, 1.807) is 0 Å². The second kappa shape index (κ2) is 6.74. The average molecular weight is 378 g/mol. The van der Waals surface area contributed by atoms with Crippen LogP contribution in [0.25, 0.3) is 0 Å². The first kappa shape index (κ1) is 17.5. The van der Waals surface area contributed by atoms with Crippen LogP contribution in [0.2, 0.25) is 10.0 Å². The maximum absolute atomic E-state index is 13.3. The van der Waals surface area contributed by atoms with Crippen LogP contribution >= 0.6 is 23.2 Å². The summed E-state index contributed by atoms with van der Waals surface area (Å²) >= 11 is 11.7. The van der Waals surface area contributed by atoms with Gasteiger partial charge in [0, 0.05) is 5.69 Å². The molecule has 0 amide bonds. The molecule has 23 heavy (non-hydrogen) atoms. The second-order valence-corrected chi connectivity index (χ2v) is 6.83. The highest BCUT2D eigenvalue weighted by atomic mass is 35.5. The summed E-state index contributed by atoms with van der Waals surface area (Å²) in [6.07, 6.45) is 0. The Morgan fingerprint density at radius 1 is 1.13 bits per heavy atom. The predicted octanol–water partition coefficient (Wildman–Crippen LogP) is 3.72. The first-order chi connectivity index (χ1) is 10.7. The molecule has 9 heteroatoms. The summed E-state index contributed by atoms with van der Waals surface area (Å²) in [5, 5.41) is -0.0374. The number of esters is 1. The molecule has 0 radical (unpaired) electrons. The maximum Gasteiger partial charge on any atom is 0.339 e. The SMILES string of the molecule is COC(=O)c1cc(NS(=O)(=O)c2cc(F)ccc2Cl)ccc1Cl. The van der Waals surface area contributed by atoms with Gasteiger partial charge in [-0.3, -0.25) is 4.72 Å². The number of hydrogen-bond donors (Lipinski definition) is 1. The van der Waals surface area contributed by atoms with Crippen molar-refractivity contribution in [3.05, 3.63) is 57.8 Å². The number of ether oxygens (including phenoxy) is 1. The van der Waals surface area contributed by atoms with Crippen molar-refractivity contribution in [2.24, 2.45) is 0 Å². The van der Waals surface area contributed by atoms with Crippen molar-refractivity contribution in [3.63, 3.8) is 0 Å². The van der Waals surface area contributed by atoms with E-state index in [0.29, 0.717) is 0 Å². The molecule has 0 fully saturated rings. The molecule has 0 unspecified atom stereocenters. The number of benzene rings is 2. The van der Waals surface area contributed by atoms with E-state index in [1.807, 2.05) is 0 Å². The van der Waals surface area contributed by atoms with E-state index in [-0.39, 0.29) is 21.3 Å². The van der Waals surface area contributed by atoms with Gasteiger partial charge in [-0.25, -0.2) is 17.6 Å². The molecular formula is C14H10Cl2FNO4S. The lowest BCUT2D eigenvalue weighted by atomic mass is 10.2. The van der Waals surface area contributed by atoms with E-state index in [9.17, 15) is 17.6 Å². The van der Waals surface area contributed by atoms with Gasteiger partial charge in [0.1, 0.15) is 10.7 Å². The van der Waals surface area contributed by atoms with Crippen LogP contribution in [-0.2, 0) is 14.8 Å². The molecule has 1 N–H and O–H groups in total. The Hall–Kier alpha value is -1.83. The highest BCUT2D eigenvalue weighted by molar-refractivity contribution is 7.92. The van der Waals surface area contributed by atoms with Crippen LogP contribution in [0.1, 0.15) is 10.4 Å². The normalized spacial score (nSPS) is 11.1. The third kappa shape index (κ3) is 3.93. The van der Waals surface area contributed by atoms with Gasteiger partial charge in [-0.05, 0) is 36.4 Å². The molecule has 2 aromatic carbocycles. The summed E-state index contributed by atoms with van der Waals surface area (Å²) in [4.78, 5) is 11.1. The standard InChI is InChI=1S/C14H10Cl2FNO4S/c1-22-14(19)10-7-9(3-5-11(10)15)18-23(20,21)13-6-8(17)2-4-12(13)16/h2-7,18H,1H3. The van der Waals surface area contributed by atoms with E-state index >= 15 is 0 Å². The van der Waals surface area contributed by atoms with Gasteiger partial charge in [-0.15, -0.1) is 0 Å². The molecular weight excluding hydrogens is 368 g/mol. The van der Waals surface area contributed by atoms with Gasteiger partial charge >= 0.3 is 5.97 Å². The summed E-state index contributed by atoms with van der Waals surface area (Å²) in [5.41, 5.74) is 0.0369. The number of rotatable bonds is 4. The molecule has 0 aliphatic rings. The van der Waals surface area contributed by atoms with Gasteiger partial charge in [0.15, 0.2) is 0 Å². The summed E-state index contributed by atoms with van der Waals surface area (Å²) in [7, 11) is -2.98. The lowest BCUT2D eigenvalue weighted by Crippen LogP contribution is -2.14. The van der Waals surface area contributed by atoms with Crippen LogP contribution < -0.4 is 4.72 Å². The summed E-state index contributed by atoms with van der Waals surface area (Å²) in [6, 6.07) is 6.85. The molecule has 0 aromatic heterocycles. The van der Waals surface area contributed by atoms with Gasteiger partial charge in [0.2, 0.25) is 0 Å². The third-order valence-corrected chi connectivity index (χ3v) is 5.00. The fourth-order valence-electron chi connectivity index (χ4n) is 1.75. The molecule has 0 atom stereocenters. The van der Waals surface area contributed by atoms with Crippen LogP contribution in [0.4, 0.5) is 10.1 Å². The Kier molecular flexibility index (Phi) is 5.13. The topological polar surface area (TPSA) is 72.5 Å². The quantitative estimate of drug-likeness (QED) is 0.824. The molecule has 5 nitrogen and oxygen atoms in total. The molecule has 0 bridgehead atoms. The number of nitrogens with one attached hydrogen (secondary N) is 1. The van der Waals surface area contributed by atoms with E-state index in [0.717, 1.165) is 18.2 Å². The number of anilines is 1. The number of carbonyl (C=O) groups excluding carboxylic acids is 1. The van der Waals surface area contributed by atoms with Crippen LogP contribution in [0, 0.1) is 5.82 Å². The van der Waals surface area contributed by atoms with Gasteiger partial charge in [0.25, 0.3) is 10.0 Å². The van der Waals surface area contributed by atoms with Crippen molar-refractivity contribution in [2.45, 2.75) is 4.90 Å². The Balaban J connectivity index is 2.42. The molecule has 0 saturated heterocycles. The monoisotopic (exact) mass is 377 g/mol. The predicted molar refractivity (Wildman–Crippen MR) is 85.0 cm³/mol. The van der Waals surface area contributed by atoms with Crippen molar-refractivity contribution in [2.75, 3.05) is 11.8 Å². The third-order valence-electron chi connectivity index (χ3n) is 2.81. The number of hydrogen-bond acceptors (Lipinski definition) is 4. The van der Waals surface area contributed by atoms with Crippen LogP contribution in [-0.4, -0.2) is 21.5 Å². The Morgan fingerprint density at radius 3 is 2.43 bits per heavy atom. The molecule has 0 aliphatic carbocycles. The molecule has 0 saturated carbocycles. The minimum absolute atomic E-state index is 0.0142. The van der Waals surface area contributed by atoms with Gasteiger partial charge in [-0.1, -0.05) is 23.2 Å².